The summed E-state index contributed by atoms with van der Waals surface area (Å²) in [5.74, 6) is 0.984. The Bertz CT molecular complexity index is 424. The van der Waals surface area contributed by atoms with E-state index in [1.807, 2.05) is 0 Å². The molecule has 2 aliphatic heterocycles. The summed E-state index contributed by atoms with van der Waals surface area (Å²) in [5, 5.41) is 8.68. The van der Waals surface area contributed by atoms with Crippen LogP contribution in [0.5, 0.6) is 0 Å². The van der Waals surface area contributed by atoms with Crippen LogP contribution in [0.1, 0.15) is 40.5 Å². The average Bonchev–Trinajstić information content (AvgIpc) is 2.52. The minimum atomic E-state index is 0.458. The predicted octanol–water partition coefficient (Wildman–Crippen LogP) is -0.382. The van der Waals surface area contributed by atoms with Gasteiger partial charge in [-0.15, -0.1) is 0 Å². The van der Waals surface area contributed by atoms with Gasteiger partial charge in [-0.3, -0.25) is 0 Å². The number of hydrogen-bond donors (Lipinski definition) is 2. The van der Waals surface area contributed by atoms with Gasteiger partial charge in [-0.05, 0) is 13.8 Å². The monoisotopic (exact) mass is 340 g/mol. The van der Waals surface area contributed by atoms with Gasteiger partial charge >= 0.3 is 0 Å². The molecule has 0 aromatic rings. The first-order chi connectivity index (χ1) is 11.4. The van der Waals surface area contributed by atoms with Crippen LogP contribution >= 0.6 is 0 Å². The van der Waals surface area contributed by atoms with Crippen molar-refractivity contribution in [2.75, 3.05) is 40.4 Å². The van der Waals surface area contributed by atoms with Crippen LogP contribution in [0, 0.1) is 11.8 Å². The Balaban J connectivity index is 1.69. The van der Waals surface area contributed by atoms with Gasteiger partial charge in [0.25, 0.3) is 0 Å². The highest BCUT2D eigenvalue weighted by Gasteiger charge is 2.30. The minimum Gasteiger partial charge on any atom is -0.392 e. The molecule has 6 nitrogen and oxygen atoms in total. The Kier molecular flexibility index (Phi) is 7.04. The summed E-state index contributed by atoms with van der Waals surface area (Å²) in [7, 11) is 4.50. The van der Waals surface area contributed by atoms with Crippen LogP contribution in [0.4, 0.5) is 0 Å². The molecule has 0 bridgehead atoms. The second kappa shape index (κ2) is 8.81. The summed E-state index contributed by atoms with van der Waals surface area (Å²) in [5.41, 5.74) is 2.36. The molecule has 0 spiro atoms. The fraction of sp³-hybridized carbons (Fsp3) is 0.889. The molecule has 0 aromatic heterocycles. The van der Waals surface area contributed by atoms with Gasteiger partial charge in [0.1, 0.15) is 0 Å². The van der Waals surface area contributed by atoms with E-state index < -0.39 is 0 Å². The van der Waals surface area contributed by atoms with Gasteiger partial charge in [-0.25, -0.2) is 0 Å². The zero-order valence-corrected chi connectivity index (χ0v) is 16.3. The highest BCUT2D eigenvalue weighted by molar-refractivity contribution is 5.87. The largest absolute Gasteiger partial charge is 0.392 e. The van der Waals surface area contributed by atoms with Crippen molar-refractivity contribution < 1.29 is 19.5 Å². The molecule has 0 aromatic carbocycles. The molecule has 2 aliphatic rings. The number of nitrogens with one attached hydrogen (secondary N) is 2. The van der Waals surface area contributed by atoms with Crippen molar-refractivity contribution in [1.29, 1.82) is 0 Å². The van der Waals surface area contributed by atoms with Crippen molar-refractivity contribution in [3.8, 4) is 0 Å². The van der Waals surface area contributed by atoms with E-state index in [9.17, 15) is 0 Å². The SMILES string of the molecule is C[C@@H]1C[NH+](C)[C@@H](C)C/C1=N/OCCO/N=C1/C[C@@H](C)[NH+](C)C[C@@H]1C. The molecule has 2 saturated heterocycles. The van der Waals surface area contributed by atoms with Crippen LogP contribution in [0.2, 0.25) is 0 Å². The van der Waals surface area contributed by atoms with Crippen LogP contribution in [0.15, 0.2) is 10.3 Å². The summed E-state index contributed by atoms with van der Waals surface area (Å²) in [6, 6.07) is 1.22. The Hall–Kier alpha value is -1.14. The average molecular weight is 341 g/mol. The summed E-state index contributed by atoms with van der Waals surface area (Å²) in [4.78, 5) is 14.1. The van der Waals surface area contributed by atoms with E-state index in [1.54, 1.807) is 9.80 Å². The van der Waals surface area contributed by atoms with Gasteiger partial charge in [0.05, 0.1) is 50.7 Å². The highest BCUT2D eigenvalue weighted by Crippen LogP contribution is 2.09. The summed E-state index contributed by atoms with van der Waals surface area (Å²) >= 11 is 0. The Labute approximate surface area is 146 Å². The molecule has 0 radical (unpaired) electrons. The van der Waals surface area contributed by atoms with Crippen LogP contribution in [-0.2, 0) is 9.68 Å². The van der Waals surface area contributed by atoms with Crippen molar-refractivity contribution in [1.82, 2.24) is 0 Å². The molecule has 6 atom stereocenters. The molecule has 24 heavy (non-hydrogen) atoms. The molecular formula is C18H36N4O2+2. The van der Waals surface area contributed by atoms with E-state index in [2.05, 4.69) is 52.1 Å². The van der Waals surface area contributed by atoms with Gasteiger partial charge in [-0.2, -0.15) is 0 Å². The molecule has 2 unspecified atom stereocenters. The number of piperidine rings is 2. The number of likely N-dealkylation sites (tertiary alicyclic amines) is 2. The Morgan fingerprint density at radius 3 is 1.54 bits per heavy atom. The third-order valence-electron chi connectivity index (χ3n) is 5.74. The first-order valence-electron chi connectivity index (χ1n) is 9.40. The van der Waals surface area contributed by atoms with Crippen molar-refractivity contribution in [2.24, 2.45) is 22.1 Å². The van der Waals surface area contributed by atoms with E-state index >= 15 is 0 Å². The van der Waals surface area contributed by atoms with Crippen LogP contribution in [0.25, 0.3) is 0 Å². The second-order valence-corrected chi connectivity index (χ2v) is 7.95. The lowest BCUT2D eigenvalue weighted by molar-refractivity contribution is -0.908. The maximum Gasteiger partial charge on any atom is 0.153 e. The predicted molar refractivity (Wildman–Crippen MR) is 96.8 cm³/mol. The minimum absolute atomic E-state index is 0.458. The molecule has 2 N–H and O–H groups in total. The number of oxime groups is 2. The van der Waals surface area contributed by atoms with Crippen molar-refractivity contribution in [2.45, 2.75) is 52.6 Å². The molecule has 0 saturated carbocycles. The van der Waals surface area contributed by atoms with E-state index in [1.165, 1.54) is 11.4 Å². The number of hydrogen-bond acceptors (Lipinski definition) is 4. The molecule has 0 amide bonds. The maximum atomic E-state index is 5.46. The van der Waals surface area contributed by atoms with E-state index in [4.69, 9.17) is 9.68 Å². The first-order valence-corrected chi connectivity index (χ1v) is 9.40. The molecule has 0 aliphatic carbocycles. The first kappa shape index (κ1) is 19.2. The number of nitrogens with zero attached hydrogens (tertiary/aromatic N) is 2. The van der Waals surface area contributed by atoms with Crippen LogP contribution < -0.4 is 9.80 Å². The van der Waals surface area contributed by atoms with Crippen LogP contribution in [-0.4, -0.2) is 63.9 Å². The van der Waals surface area contributed by atoms with E-state index in [-0.39, 0.29) is 0 Å². The smallest absolute Gasteiger partial charge is 0.153 e. The van der Waals surface area contributed by atoms with Gasteiger partial charge < -0.3 is 19.5 Å². The zero-order chi connectivity index (χ0) is 17.7. The lowest BCUT2D eigenvalue weighted by atomic mass is 9.93. The zero-order valence-electron chi connectivity index (χ0n) is 16.3. The topological polar surface area (TPSA) is 52.1 Å². The fourth-order valence-electron chi connectivity index (χ4n) is 3.57. The Morgan fingerprint density at radius 1 is 0.792 bits per heavy atom. The summed E-state index contributed by atoms with van der Waals surface area (Å²) in [6.07, 6.45) is 2.03. The quantitative estimate of drug-likeness (QED) is 0.529. The molecule has 138 valence electrons. The fourth-order valence-corrected chi connectivity index (χ4v) is 3.57. The van der Waals surface area contributed by atoms with Gasteiger partial charge in [0.2, 0.25) is 0 Å². The van der Waals surface area contributed by atoms with Gasteiger partial charge in [0, 0.05) is 24.7 Å². The lowest BCUT2D eigenvalue weighted by Gasteiger charge is -2.31. The normalized spacial score (nSPS) is 40.8. The number of rotatable bonds is 5. The summed E-state index contributed by atoms with van der Waals surface area (Å²) in [6.45, 7) is 12.1. The molecule has 2 heterocycles. The molecule has 2 rings (SSSR count). The third kappa shape index (κ3) is 5.18. The second-order valence-electron chi connectivity index (χ2n) is 7.95. The van der Waals surface area contributed by atoms with E-state index in [0.717, 1.165) is 25.9 Å². The van der Waals surface area contributed by atoms with Crippen LogP contribution in [0.3, 0.4) is 0 Å². The lowest BCUT2D eigenvalue weighted by Crippen LogP contribution is -3.14. The van der Waals surface area contributed by atoms with Gasteiger partial charge in [-0.1, -0.05) is 24.2 Å². The highest BCUT2D eigenvalue weighted by atomic mass is 16.7. The standard InChI is InChI=1S/C18H34N4O2/c1-13-11-21(5)15(3)9-17(13)19-23-7-8-24-20-18-10-16(4)22(6)12-14(18)2/h13-16H,7-12H2,1-6H3/p+2/b19-17-,20-18-/t13-,14+,15+,16-. The molecule has 6 heteroatoms. The van der Waals surface area contributed by atoms with Gasteiger partial charge in [0.15, 0.2) is 13.2 Å². The summed E-state index contributed by atoms with van der Waals surface area (Å²) < 4.78 is 0. The molecular weight excluding hydrogens is 304 g/mol. The molecule has 2 fully saturated rings. The third-order valence-corrected chi connectivity index (χ3v) is 5.74. The van der Waals surface area contributed by atoms with Crippen molar-refractivity contribution in [3.05, 3.63) is 0 Å². The van der Waals surface area contributed by atoms with Crippen molar-refractivity contribution >= 4 is 11.4 Å². The Morgan fingerprint density at radius 2 is 1.17 bits per heavy atom. The number of quaternary nitrogens is 2. The maximum absolute atomic E-state index is 5.46. The van der Waals surface area contributed by atoms with E-state index in [0.29, 0.717) is 37.1 Å². The van der Waals surface area contributed by atoms with Crippen molar-refractivity contribution in [3.63, 3.8) is 0 Å².